The number of hydrogen-bond acceptors (Lipinski definition) is 0. The Balaban J connectivity index is 2.49. The van der Waals surface area contributed by atoms with Gasteiger partial charge in [0.15, 0.2) is 0 Å². The molecule has 0 aromatic heterocycles. The molecule has 0 nitrogen and oxygen atoms in total. The second kappa shape index (κ2) is 4.72. The van der Waals surface area contributed by atoms with Crippen LogP contribution in [0.3, 0.4) is 0 Å². The van der Waals surface area contributed by atoms with Crippen LogP contribution in [0.1, 0.15) is 25.0 Å². The highest BCUT2D eigenvalue weighted by Gasteiger charge is 2.23. The highest BCUT2D eigenvalue weighted by atomic mass is 35.5. The summed E-state index contributed by atoms with van der Waals surface area (Å²) in [6, 6.07) is 15.9. The van der Waals surface area contributed by atoms with E-state index >= 15 is 0 Å². The molecular formula is C15H14Cl2. The van der Waals surface area contributed by atoms with Gasteiger partial charge in [-0.25, -0.2) is 0 Å². The topological polar surface area (TPSA) is 0 Å². The minimum absolute atomic E-state index is 0.101. The Morgan fingerprint density at radius 2 is 1.18 bits per heavy atom. The van der Waals surface area contributed by atoms with Crippen molar-refractivity contribution in [3.8, 4) is 0 Å². The van der Waals surface area contributed by atoms with E-state index < -0.39 is 0 Å². The lowest BCUT2D eigenvalue weighted by Crippen LogP contribution is -2.18. The van der Waals surface area contributed by atoms with Crippen LogP contribution in [0.5, 0.6) is 0 Å². The molecule has 0 radical (unpaired) electrons. The molecule has 2 rings (SSSR count). The van der Waals surface area contributed by atoms with Crippen LogP contribution >= 0.6 is 23.2 Å². The van der Waals surface area contributed by atoms with Crippen molar-refractivity contribution in [2.45, 2.75) is 19.3 Å². The van der Waals surface area contributed by atoms with E-state index in [1.807, 2.05) is 36.4 Å². The molecular weight excluding hydrogens is 251 g/mol. The van der Waals surface area contributed by atoms with Gasteiger partial charge in [-0.15, -0.1) is 0 Å². The van der Waals surface area contributed by atoms with Crippen LogP contribution < -0.4 is 0 Å². The van der Waals surface area contributed by atoms with Gasteiger partial charge in [0, 0.05) is 15.5 Å². The van der Waals surface area contributed by atoms with Crippen LogP contribution in [0.25, 0.3) is 0 Å². The normalized spacial score (nSPS) is 11.5. The third kappa shape index (κ3) is 2.65. The van der Waals surface area contributed by atoms with Crippen LogP contribution in [0.2, 0.25) is 10.0 Å². The van der Waals surface area contributed by atoms with Gasteiger partial charge in [-0.2, -0.15) is 0 Å². The van der Waals surface area contributed by atoms with Gasteiger partial charge in [-0.05, 0) is 35.4 Å². The average molecular weight is 265 g/mol. The number of benzene rings is 2. The molecule has 2 heteroatoms. The Kier molecular flexibility index (Phi) is 3.46. The van der Waals surface area contributed by atoms with Gasteiger partial charge in [0.1, 0.15) is 0 Å². The molecule has 0 N–H and O–H groups in total. The Morgan fingerprint density at radius 3 is 1.53 bits per heavy atom. The molecule has 0 fully saturated rings. The summed E-state index contributed by atoms with van der Waals surface area (Å²) < 4.78 is 0. The van der Waals surface area contributed by atoms with Crippen LogP contribution in [-0.2, 0) is 5.41 Å². The van der Waals surface area contributed by atoms with E-state index in [9.17, 15) is 0 Å². The zero-order valence-corrected chi connectivity index (χ0v) is 11.4. The maximum Gasteiger partial charge on any atom is 0.0409 e. The third-order valence-electron chi connectivity index (χ3n) is 3.09. The summed E-state index contributed by atoms with van der Waals surface area (Å²) >= 11 is 12.1. The second-order valence-corrected chi connectivity index (χ2v) is 5.52. The first-order chi connectivity index (χ1) is 8.00. The van der Waals surface area contributed by atoms with E-state index in [2.05, 4.69) is 26.0 Å². The van der Waals surface area contributed by atoms with Gasteiger partial charge in [0.05, 0.1) is 0 Å². The monoisotopic (exact) mass is 264 g/mol. The molecule has 0 amide bonds. The van der Waals surface area contributed by atoms with Gasteiger partial charge in [-0.3, -0.25) is 0 Å². The molecule has 0 aliphatic heterocycles. The molecule has 0 saturated heterocycles. The fourth-order valence-corrected chi connectivity index (χ4v) is 2.30. The lowest BCUT2D eigenvalue weighted by atomic mass is 9.78. The molecule has 0 saturated carbocycles. The molecule has 17 heavy (non-hydrogen) atoms. The summed E-state index contributed by atoms with van der Waals surface area (Å²) in [5.74, 6) is 0. The predicted octanol–water partition coefficient (Wildman–Crippen LogP) is 5.32. The van der Waals surface area contributed by atoms with Crippen LogP contribution in [-0.4, -0.2) is 0 Å². The van der Waals surface area contributed by atoms with Gasteiger partial charge in [-0.1, -0.05) is 61.3 Å². The first-order valence-corrected chi connectivity index (χ1v) is 6.28. The van der Waals surface area contributed by atoms with E-state index in [0.29, 0.717) is 0 Å². The van der Waals surface area contributed by atoms with Crippen molar-refractivity contribution in [1.82, 2.24) is 0 Å². The maximum atomic E-state index is 6.04. The van der Waals surface area contributed by atoms with Crippen LogP contribution in [0.4, 0.5) is 0 Å². The maximum absolute atomic E-state index is 6.04. The van der Waals surface area contributed by atoms with Crippen molar-refractivity contribution in [2.75, 3.05) is 0 Å². The van der Waals surface area contributed by atoms with Crippen molar-refractivity contribution in [3.05, 3.63) is 69.7 Å². The molecule has 0 aliphatic carbocycles. The quantitative estimate of drug-likeness (QED) is 0.689. The molecule has 0 spiro atoms. The molecule has 2 aromatic carbocycles. The molecule has 0 aliphatic rings. The van der Waals surface area contributed by atoms with Crippen LogP contribution in [0.15, 0.2) is 48.5 Å². The standard InChI is InChI=1S/C15H14Cl2/c1-15(2,11-5-3-7-13(16)9-11)12-6-4-8-14(17)10-12/h3-10H,1-2H3. The van der Waals surface area contributed by atoms with E-state index in [1.165, 1.54) is 11.1 Å². The largest absolute Gasteiger partial charge is 0.0843 e. The van der Waals surface area contributed by atoms with Crippen molar-refractivity contribution in [1.29, 1.82) is 0 Å². The number of halogens is 2. The van der Waals surface area contributed by atoms with Crippen LogP contribution in [0, 0.1) is 0 Å². The van der Waals surface area contributed by atoms with Crippen molar-refractivity contribution in [2.24, 2.45) is 0 Å². The summed E-state index contributed by atoms with van der Waals surface area (Å²) in [6.45, 7) is 4.34. The number of hydrogen-bond donors (Lipinski definition) is 0. The second-order valence-electron chi connectivity index (χ2n) is 4.65. The third-order valence-corrected chi connectivity index (χ3v) is 3.56. The molecule has 0 bridgehead atoms. The molecule has 0 unspecified atom stereocenters. The van der Waals surface area contributed by atoms with Gasteiger partial charge >= 0.3 is 0 Å². The lowest BCUT2D eigenvalue weighted by Gasteiger charge is -2.26. The van der Waals surface area contributed by atoms with Gasteiger partial charge in [0.25, 0.3) is 0 Å². The summed E-state index contributed by atoms with van der Waals surface area (Å²) in [4.78, 5) is 0. The zero-order valence-electron chi connectivity index (χ0n) is 9.87. The predicted molar refractivity (Wildman–Crippen MR) is 75.0 cm³/mol. The van der Waals surface area contributed by atoms with Crippen molar-refractivity contribution >= 4 is 23.2 Å². The molecule has 0 heterocycles. The summed E-state index contributed by atoms with van der Waals surface area (Å²) in [6.07, 6.45) is 0. The van der Waals surface area contributed by atoms with Crippen molar-refractivity contribution in [3.63, 3.8) is 0 Å². The Labute approximate surface area is 112 Å². The first-order valence-electron chi connectivity index (χ1n) is 5.52. The smallest absolute Gasteiger partial charge is 0.0409 e. The minimum atomic E-state index is -0.101. The Morgan fingerprint density at radius 1 is 0.765 bits per heavy atom. The lowest BCUT2D eigenvalue weighted by molar-refractivity contribution is 0.641. The van der Waals surface area contributed by atoms with Crippen molar-refractivity contribution < 1.29 is 0 Å². The Bertz CT molecular complexity index is 482. The zero-order chi connectivity index (χ0) is 12.5. The van der Waals surface area contributed by atoms with E-state index in [1.54, 1.807) is 0 Å². The fourth-order valence-electron chi connectivity index (χ4n) is 1.92. The first kappa shape index (κ1) is 12.5. The van der Waals surface area contributed by atoms with Gasteiger partial charge in [0.2, 0.25) is 0 Å². The molecule has 2 aromatic rings. The molecule has 0 atom stereocenters. The fraction of sp³-hybridized carbons (Fsp3) is 0.200. The van der Waals surface area contributed by atoms with E-state index in [-0.39, 0.29) is 5.41 Å². The van der Waals surface area contributed by atoms with Gasteiger partial charge < -0.3 is 0 Å². The average Bonchev–Trinajstić information content (AvgIpc) is 2.29. The Hall–Kier alpha value is -0.980. The summed E-state index contributed by atoms with van der Waals surface area (Å²) in [5.41, 5.74) is 2.27. The highest BCUT2D eigenvalue weighted by Crippen LogP contribution is 2.33. The summed E-state index contributed by atoms with van der Waals surface area (Å²) in [7, 11) is 0. The summed E-state index contributed by atoms with van der Waals surface area (Å²) in [5, 5.41) is 1.52. The SMILES string of the molecule is CC(C)(c1cccc(Cl)c1)c1cccc(Cl)c1. The number of rotatable bonds is 2. The van der Waals surface area contributed by atoms with E-state index in [4.69, 9.17) is 23.2 Å². The minimum Gasteiger partial charge on any atom is -0.0843 e. The molecule has 88 valence electrons. The van der Waals surface area contributed by atoms with E-state index in [0.717, 1.165) is 10.0 Å². The highest BCUT2D eigenvalue weighted by molar-refractivity contribution is 6.31.